The minimum absolute atomic E-state index is 0.000302. The molecule has 4 aromatic rings. The first-order chi connectivity index (χ1) is 16.2. The monoisotopic (exact) mass is 480 g/mol. The third-order valence-electron chi connectivity index (χ3n) is 5.95. The van der Waals surface area contributed by atoms with Crippen molar-refractivity contribution in [3.8, 4) is 28.1 Å². The summed E-state index contributed by atoms with van der Waals surface area (Å²) in [5.41, 5.74) is 9.42. The van der Waals surface area contributed by atoms with Crippen molar-refractivity contribution >= 4 is 32.7 Å². The second-order valence-corrected chi connectivity index (χ2v) is 10.5. The van der Waals surface area contributed by atoms with Crippen LogP contribution in [0.4, 0.5) is 11.6 Å². The zero-order chi connectivity index (χ0) is 24.2. The Hall–Kier alpha value is -3.83. The van der Waals surface area contributed by atoms with Gasteiger partial charge in [0.15, 0.2) is 0 Å². The van der Waals surface area contributed by atoms with E-state index in [9.17, 15) is 13.2 Å². The number of hydrogen-bond donors (Lipinski definition) is 3. The summed E-state index contributed by atoms with van der Waals surface area (Å²) in [6.45, 7) is 1.35. The number of nitrogens with zero attached hydrogens (tertiary/aromatic N) is 3. The van der Waals surface area contributed by atoms with E-state index in [-0.39, 0.29) is 16.4 Å². The number of likely N-dealkylation sites (N-methyl/N-ethyl adjacent to an activating group) is 1. The lowest BCUT2D eigenvalue weighted by atomic mass is 9.98. The van der Waals surface area contributed by atoms with Gasteiger partial charge in [-0.05, 0) is 35.4 Å². The summed E-state index contributed by atoms with van der Waals surface area (Å²) < 4.78 is 32.0. The normalized spacial score (nSPS) is 13.8. The summed E-state index contributed by atoms with van der Waals surface area (Å²) in [6, 6.07) is 12.3. The predicted octanol–water partition coefficient (Wildman–Crippen LogP) is 2.25. The second kappa shape index (κ2) is 7.89. The largest absolute Gasteiger partial charge is 0.490 e. The van der Waals surface area contributed by atoms with Crippen LogP contribution in [-0.4, -0.2) is 62.0 Å². The topological polar surface area (TPSA) is 137 Å². The number of H-pyrrole nitrogens is 2. The van der Waals surface area contributed by atoms with Crippen LogP contribution in [0.15, 0.2) is 52.2 Å². The Labute approximate surface area is 196 Å². The quantitative estimate of drug-likeness (QED) is 0.407. The van der Waals surface area contributed by atoms with Crippen molar-refractivity contribution in [1.29, 1.82) is 0 Å². The number of nitrogens with two attached hydrogens (primary N) is 1. The van der Waals surface area contributed by atoms with Crippen molar-refractivity contribution in [2.24, 2.45) is 0 Å². The molecule has 10 nitrogen and oxygen atoms in total. The molecule has 1 aliphatic rings. The molecule has 3 heterocycles. The fourth-order valence-electron chi connectivity index (χ4n) is 4.14. The molecule has 0 aliphatic carbocycles. The van der Waals surface area contributed by atoms with Crippen molar-refractivity contribution in [2.45, 2.75) is 4.90 Å². The van der Waals surface area contributed by atoms with E-state index in [1.54, 1.807) is 12.1 Å². The lowest BCUT2D eigenvalue weighted by Crippen LogP contribution is -2.28. The first kappa shape index (κ1) is 22.0. The molecule has 5 rings (SSSR count). The molecule has 0 radical (unpaired) electrons. The van der Waals surface area contributed by atoms with Crippen LogP contribution in [0, 0.1) is 0 Å². The maximum absolute atomic E-state index is 12.9. The number of aromatic amines is 2. The molecule has 176 valence electrons. The lowest BCUT2D eigenvalue weighted by Gasteiger charge is -2.28. The summed E-state index contributed by atoms with van der Waals surface area (Å²) in [7, 11) is 1.39. The summed E-state index contributed by atoms with van der Waals surface area (Å²) in [4.78, 5) is 25.2. The molecule has 34 heavy (non-hydrogen) atoms. The number of ether oxygens (including phenoxy) is 1. The molecular formula is C23H24N6O4S. The lowest BCUT2D eigenvalue weighted by molar-refractivity contribution is 0.311. The SMILES string of the molecule is CN1CCOc2cc(-c3c(-c4ccc(S(=O)(=O)N(C)C)cc4)[nH]c4nc(N)[nH]c(=O)c34)ccc21. The van der Waals surface area contributed by atoms with E-state index in [2.05, 4.69) is 19.9 Å². The molecule has 0 fully saturated rings. The predicted molar refractivity (Wildman–Crippen MR) is 132 cm³/mol. The highest BCUT2D eigenvalue weighted by Crippen LogP contribution is 2.41. The van der Waals surface area contributed by atoms with E-state index in [1.165, 1.54) is 26.2 Å². The zero-order valence-corrected chi connectivity index (χ0v) is 19.7. The third kappa shape index (κ3) is 3.49. The number of benzene rings is 2. The van der Waals surface area contributed by atoms with Gasteiger partial charge in [-0.3, -0.25) is 9.78 Å². The first-order valence-corrected chi connectivity index (χ1v) is 12.0. The van der Waals surface area contributed by atoms with Crippen LogP contribution >= 0.6 is 0 Å². The number of rotatable bonds is 4. The molecule has 1 aliphatic heterocycles. The van der Waals surface area contributed by atoms with Crippen molar-refractivity contribution in [1.82, 2.24) is 19.3 Å². The van der Waals surface area contributed by atoms with Gasteiger partial charge >= 0.3 is 0 Å². The number of nitrogen functional groups attached to an aromatic ring is 1. The summed E-state index contributed by atoms with van der Waals surface area (Å²) in [5.74, 6) is 0.721. The van der Waals surface area contributed by atoms with Crippen LogP contribution < -0.4 is 20.9 Å². The highest BCUT2D eigenvalue weighted by Gasteiger charge is 2.23. The number of anilines is 2. The Morgan fingerprint density at radius 2 is 1.79 bits per heavy atom. The minimum atomic E-state index is -3.57. The highest BCUT2D eigenvalue weighted by atomic mass is 32.2. The van der Waals surface area contributed by atoms with Gasteiger partial charge in [0.2, 0.25) is 16.0 Å². The van der Waals surface area contributed by atoms with E-state index in [0.29, 0.717) is 34.5 Å². The van der Waals surface area contributed by atoms with Crippen molar-refractivity contribution in [3.63, 3.8) is 0 Å². The Balaban J connectivity index is 1.73. The van der Waals surface area contributed by atoms with E-state index >= 15 is 0 Å². The van der Waals surface area contributed by atoms with Gasteiger partial charge in [0.25, 0.3) is 5.56 Å². The number of nitrogens with one attached hydrogen (secondary N) is 2. The van der Waals surface area contributed by atoms with Gasteiger partial charge in [-0.2, -0.15) is 4.98 Å². The van der Waals surface area contributed by atoms with Gasteiger partial charge in [0.1, 0.15) is 18.0 Å². The molecule has 11 heteroatoms. The van der Waals surface area contributed by atoms with Crippen LogP contribution in [0.3, 0.4) is 0 Å². The maximum atomic E-state index is 12.9. The van der Waals surface area contributed by atoms with Gasteiger partial charge in [-0.25, -0.2) is 12.7 Å². The average molecular weight is 481 g/mol. The highest BCUT2D eigenvalue weighted by molar-refractivity contribution is 7.89. The van der Waals surface area contributed by atoms with Crippen LogP contribution in [0.5, 0.6) is 5.75 Å². The molecule has 0 amide bonds. The fraction of sp³-hybridized carbons (Fsp3) is 0.217. The Morgan fingerprint density at radius 1 is 1.09 bits per heavy atom. The summed E-state index contributed by atoms with van der Waals surface area (Å²) in [6.07, 6.45) is 0. The van der Waals surface area contributed by atoms with Crippen LogP contribution in [0.1, 0.15) is 0 Å². The average Bonchev–Trinajstić information content (AvgIpc) is 3.18. The Kier molecular flexibility index (Phi) is 5.10. The van der Waals surface area contributed by atoms with E-state index < -0.39 is 10.0 Å². The smallest absolute Gasteiger partial charge is 0.262 e. The summed E-state index contributed by atoms with van der Waals surface area (Å²) in [5, 5.41) is 0.360. The molecule has 2 aromatic carbocycles. The van der Waals surface area contributed by atoms with Gasteiger partial charge in [0, 0.05) is 26.7 Å². The number of sulfonamides is 1. The van der Waals surface area contributed by atoms with Crippen LogP contribution in [0.25, 0.3) is 33.4 Å². The molecule has 0 saturated carbocycles. The summed E-state index contributed by atoms with van der Waals surface area (Å²) >= 11 is 0. The fourth-order valence-corrected chi connectivity index (χ4v) is 5.04. The van der Waals surface area contributed by atoms with E-state index in [4.69, 9.17) is 10.5 Å². The standard InChI is InChI=1S/C23H24N6O4S/c1-28(2)34(31,32)15-7-4-13(5-8-15)20-18(19-21(25-20)26-23(24)27-22(19)30)14-6-9-16-17(12-14)33-11-10-29(16)3/h4-9,12H,10-11H2,1-3H3,(H4,24,25,26,27,30). The first-order valence-electron chi connectivity index (χ1n) is 10.6. The van der Waals surface area contributed by atoms with Crippen molar-refractivity contribution < 1.29 is 13.2 Å². The minimum Gasteiger partial charge on any atom is -0.490 e. The van der Waals surface area contributed by atoms with E-state index in [0.717, 1.165) is 27.9 Å². The number of aromatic nitrogens is 3. The molecule has 4 N–H and O–H groups in total. The Bertz CT molecular complexity index is 1570. The zero-order valence-electron chi connectivity index (χ0n) is 18.9. The molecule has 0 saturated heterocycles. The van der Waals surface area contributed by atoms with Gasteiger partial charge in [0.05, 0.1) is 28.2 Å². The van der Waals surface area contributed by atoms with Crippen molar-refractivity contribution in [2.75, 3.05) is 44.9 Å². The number of hydrogen-bond acceptors (Lipinski definition) is 7. The van der Waals surface area contributed by atoms with Gasteiger partial charge < -0.3 is 20.4 Å². The third-order valence-corrected chi connectivity index (χ3v) is 7.78. The molecule has 0 atom stereocenters. The Morgan fingerprint density at radius 3 is 2.50 bits per heavy atom. The van der Waals surface area contributed by atoms with E-state index in [1.807, 2.05) is 25.2 Å². The van der Waals surface area contributed by atoms with Crippen LogP contribution in [-0.2, 0) is 10.0 Å². The van der Waals surface area contributed by atoms with Gasteiger partial charge in [-0.15, -0.1) is 0 Å². The van der Waals surface area contributed by atoms with Crippen LogP contribution in [0.2, 0.25) is 0 Å². The second-order valence-electron chi connectivity index (χ2n) is 8.31. The molecule has 0 unspecified atom stereocenters. The molecule has 2 aromatic heterocycles. The van der Waals surface area contributed by atoms with Gasteiger partial charge in [-0.1, -0.05) is 18.2 Å². The molecular weight excluding hydrogens is 456 g/mol. The maximum Gasteiger partial charge on any atom is 0.262 e. The molecule has 0 spiro atoms. The van der Waals surface area contributed by atoms with Crippen molar-refractivity contribution in [3.05, 3.63) is 52.8 Å². The number of fused-ring (bicyclic) bond motifs is 2. The molecule has 0 bridgehead atoms.